The summed E-state index contributed by atoms with van der Waals surface area (Å²) in [7, 11) is 3.15. The van der Waals surface area contributed by atoms with E-state index in [0.29, 0.717) is 47.9 Å². The quantitative estimate of drug-likeness (QED) is 0.837. The van der Waals surface area contributed by atoms with Gasteiger partial charge in [-0.15, -0.1) is 10.2 Å². The molecule has 0 N–H and O–H groups in total. The highest BCUT2D eigenvalue weighted by Gasteiger charge is 2.55. The molecule has 1 aliphatic carbocycles. The molecule has 7 nitrogen and oxygen atoms in total. The van der Waals surface area contributed by atoms with Gasteiger partial charge in [0.05, 0.1) is 25.2 Å². The Morgan fingerprint density at radius 2 is 2.15 bits per heavy atom. The number of carbonyl (C=O) groups is 1. The number of amides is 1. The van der Waals surface area contributed by atoms with Crippen LogP contribution in [0, 0.1) is 12.8 Å². The van der Waals surface area contributed by atoms with E-state index in [0.717, 1.165) is 19.3 Å². The lowest BCUT2D eigenvalue weighted by Gasteiger charge is -2.24. The molecule has 1 saturated carbocycles. The number of fused-ring (bicyclic) bond motifs is 1. The minimum Gasteiger partial charge on any atom is -0.497 e. The van der Waals surface area contributed by atoms with Gasteiger partial charge in [0.25, 0.3) is 5.91 Å². The highest BCUT2D eigenvalue weighted by atomic mass is 16.5. The number of carbonyl (C=O) groups excluding carboxylic acids is 1. The van der Waals surface area contributed by atoms with Gasteiger partial charge in [0.2, 0.25) is 11.8 Å². The van der Waals surface area contributed by atoms with Gasteiger partial charge < -0.3 is 18.8 Å². The highest BCUT2D eigenvalue weighted by Crippen LogP contribution is 2.50. The molecule has 2 aromatic rings. The van der Waals surface area contributed by atoms with Crippen LogP contribution in [0.4, 0.5) is 0 Å². The van der Waals surface area contributed by atoms with Crippen LogP contribution < -0.4 is 9.47 Å². The standard InChI is InChI=1S/C19H23N3O4/c1-12-20-21-18(26-12)19-8-4-5-13(19)10-22(11-19)17(23)15-7-6-14(24-2)9-16(15)25-3/h6-7,9,13H,4-5,8,10-11H2,1-3H3/t13-,19-/m0/s1. The van der Waals surface area contributed by atoms with E-state index in [9.17, 15) is 4.79 Å². The van der Waals surface area contributed by atoms with E-state index in [-0.39, 0.29) is 11.3 Å². The van der Waals surface area contributed by atoms with Gasteiger partial charge in [-0.25, -0.2) is 0 Å². The Balaban J connectivity index is 1.63. The summed E-state index contributed by atoms with van der Waals surface area (Å²) < 4.78 is 16.4. The van der Waals surface area contributed by atoms with E-state index in [4.69, 9.17) is 13.9 Å². The molecular formula is C19H23N3O4. The van der Waals surface area contributed by atoms with Crippen LogP contribution in [0.15, 0.2) is 22.6 Å². The van der Waals surface area contributed by atoms with E-state index in [2.05, 4.69) is 10.2 Å². The number of rotatable bonds is 4. The fourth-order valence-electron chi connectivity index (χ4n) is 4.44. The number of methoxy groups -OCH3 is 2. The maximum atomic E-state index is 13.2. The summed E-state index contributed by atoms with van der Waals surface area (Å²) in [6.07, 6.45) is 3.17. The summed E-state index contributed by atoms with van der Waals surface area (Å²) in [5, 5.41) is 8.30. The van der Waals surface area contributed by atoms with Gasteiger partial charge in [-0.1, -0.05) is 6.42 Å². The maximum Gasteiger partial charge on any atom is 0.257 e. The van der Waals surface area contributed by atoms with Crippen molar-refractivity contribution in [2.45, 2.75) is 31.6 Å². The van der Waals surface area contributed by atoms with Gasteiger partial charge in [-0.05, 0) is 30.9 Å². The molecule has 2 fully saturated rings. The molecule has 1 aromatic carbocycles. The Bertz CT molecular complexity index is 834. The molecule has 4 rings (SSSR count). The van der Waals surface area contributed by atoms with Crippen LogP contribution in [-0.4, -0.2) is 48.3 Å². The van der Waals surface area contributed by atoms with Crippen molar-refractivity contribution < 1.29 is 18.7 Å². The summed E-state index contributed by atoms with van der Waals surface area (Å²) in [4.78, 5) is 15.1. The predicted molar refractivity (Wildman–Crippen MR) is 93.5 cm³/mol. The summed E-state index contributed by atoms with van der Waals surface area (Å²) in [5.41, 5.74) is 0.335. The summed E-state index contributed by atoms with van der Waals surface area (Å²) >= 11 is 0. The Morgan fingerprint density at radius 3 is 2.85 bits per heavy atom. The van der Waals surface area contributed by atoms with Crippen LogP contribution in [0.3, 0.4) is 0 Å². The van der Waals surface area contributed by atoms with E-state index < -0.39 is 0 Å². The number of likely N-dealkylation sites (tertiary alicyclic amines) is 1. The van der Waals surface area contributed by atoms with Crippen LogP contribution in [0.1, 0.15) is 41.4 Å². The monoisotopic (exact) mass is 357 g/mol. The number of ether oxygens (including phenoxy) is 2. The third-order valence-corrected chi connectivity index (χ3v) is 5.75. The molecule has 2 aliphatic rings. The Morgan fingerprint density at radius 1 is 1.31 bits per heavy atom. The van der Waals surface area contributed by atoms with Crippen molar-refractivity contribution in [3.63, 3.8) is 0 Å². The van der Waals surface area contributed by atoms with Crippen molar-refractivity contribution in [1.82, 2.24) is 15.1 Å². The molecule has 1 aromatic heterocycles. The summed E-state index contributed by atoms with van der Waals surface area (Å²) in [5.74, 6) is 2.75. The molecule has 2 heterocycles. The molecular weight excluding hydrogens is 334 g/mol. The van der Waals surface area contributed by atoms with Crippen molar-refractivity contribution >= 4 is 5.91 Å². The van der Waals surface area contributed by atoms with Crippen LogP contribution >= 0.6 is 0 Å². The topological polar surface area (TPSA) is 77.7 Å². The summed E-state index contributed by atoms with van der Waals surface area (Å²) in [6, 6.07) is 5.28. The van der Waals surface area contributed by atoms with Crippen molar-refractivity contribution in [2.24, 2.45) is 5.92 Å². The lowest BCUT2D eigenvalue weighted by molar-refractivity contribution is 0.0772. The first-order chi connectivity index (χ1) is 12.6. The average Bonchev–Trinajstić information content (AvgIpc) is 3.34. The van der Waals surface area contributed by atoms with Gasteiger partial charge in [-0.2, -0.15) is 0 Å². The molecule has 2 atom stereocenters. The van der Waals surface area contributed by atoms with Crippen molar-refractivity contribution in [3.8, 4) is 11.5 Å². The largest absolute Gasteiger partial charge is 0.497 e. The second-order valence-corrected chi connectivity index (χ2v) is 7.12. The van der Waals surface area contributed by atoms with Crippen molar-refractivity contribution in [1.29, 1.82) is 0 Å². The van der Waals surface area contributed by atoms with Gasteiger partial charge in [-0.3, -0.25) is 4.79 Å². The van der Waals surface area contributed by atoms with Gasteiger partial charge in [0, 0.05) is 26.1 Å². The molecule has 1 saturated heterocycles. The number of aromatic nitrogens is 2. The number of hydrogen-bond acceptors (Lipinski definition) is 6. The van der Waals surface area contributed by atoms with Gasteiger partial charge in [0.1, 0.15) is 11.5 Å². The van der Waals surface area contributed by atoms with E-state index in [1.54, 1.807) is 39.3 Å². The smallest absolute Gasteiger partial charge is 0.257 e. The second-order valence-electron chi connectivity index (χ2n) is 7.12. The number of benzene rings is 1. The number of aryl methyl sites for hydroxylation is 1. The van der Waals surface area contributed by atoms with E-state index in [1.807, 2.05) is 4.90 Å². The lowest BCUT2D eigenvalue weighted by Crippen LogP contribution is -2.35. The number of hydrogen-bond donors (Lipinski definition) is 0. The van der Waals surface area contributed by atoms with Gasteiger partial charge in [0.15, 0.2) is 0 Å². The SMILES string of the molecule is COc1ccc(C(=O)N2C[C@@H]3CCC[C@]3(c3nnc(C)o3)C2)c(OC)c1. The zero-order valence-corrected chi connectivity index (χ0v) is 15.3. The molecule has 26 heavy (non-hydrogen) atoms. The van der Waals surface area contributed by atoms with Crippen molar-refractivity contribution in [2.75, 3.05) is 27.3 Å². The molecule has 0 radical (unpaired) electrons. The zero-order chi connectivity index (χ0) is 18.3. The van der Waals surface area contributed by atoms with Crippen LogP contribution in [0.5, 0.6) is 11.5 Å². The third kappa shape index (κ3) is 2.53. The molecule has 7 heteroatoms. The molecule has 1 amide bonds. The minimum absolute atomic E-state index is 0.0329. The first-order valence-electron chi connectivity index (χ1n) is 8.89. The van der Waals surface area contributed by atoms with Crippen LogP contribution in [0.2, 0.25) is 0 Å². The van der Waals surface area contributed by atoms with E-state index in [1.165, 1.54) is 0 Å². The normalized spacial score (nSPS) is 24.6. The van der Waals surface area contributed by atoms with Crippen LogP contribution in [-0.2, 0) is 5.41 Å². The fourth-order valence-corrected chi connectivity index (χ4v) is 4.44. The third-order valence-electron chi connectivity index (χ3n) is 5.75. The maximum absolute atomic E-state index is 13.2. The average molecular weight is 357 g/mol. The Hall–Kier alpha value is -2.57. The summed E-state index contributed by atoms with van der Waals surface area (Å²) in [6.45, 7) is 3.11. The van der Waals surface area contributed by atoms with Gasteiger partial charge >= 0.3 is 0 Å². The molecule has 0 unspecified atom stereocenters. The Labute approximate surface area is 152 Å². The molecule has 138 valence electrons. The molecule has 1 aliphatic heterocycles. The zero-order valence-electron chi connectivity index (χ0n) is 15.3. The van der Waals surface area contributed by atoms with E-state index >= 15 is 0 Å². The molecule has 0 spiro atoms. The predicted octanol–water partition coefficient (Wildman–Crippen LogP) is 2.59. The first-order valence-corrected chi connectivity index (χ1v) is 8.89. The molecule has 0 bridgehead atoms. The second kappa shape index (κ2) is 6.30. The number of nitrogens with zero attached hydrogens (tertiary/aromatic N) is 3. The Kier molecular flexibility index (Phi) is 4.09. The first kappa shape index (κ1) is 16.9. The lowest BCUT2D eigenvalue weighted by atomic mass is 9.80. The highest BCUT2D eigenvalue weighted by molar-refractivity contribution is 5.97. The fraction of sp³-hybridized carbons (Fsp3) is 0.526. The van der Waals surface area contributed by atoms with Crippen LogP contribution in [0.25, 0.3) is 0 Å². The minimum atomic E-state index is -0.212. The van der Waals surface area contributed by atoms with Crippen molar-refractivity contribution in [3.05, 3.63) is 35.5 Å².